The maximum Gasteiger partial charge on any atom is 0.166 e. The van der Waals surface area contributed by atoms with Gasteiger partial charge in [-0.2, -0.15) is 0 Å². The van der Waals surface area contributed by atoms with Crippen molar-refractivity contribution in [1.29, 1.82) is 0 Å². The predicted molar refractivity (Wildman–Crippen MR) is 84.9 cm³/mol. The highest BCUT2D eigenvalue weighted by atomic mass is 19.1. The minimum absolute atomic E-state index is 0.240. The van der Waals surface area contributed by atoms with Crippen molar-refractivity contribution in [2.24, 2.45) is 0 Å². The van der Waals surface area contributed by atoms with Crippen LogP contribution in [0.2, 0.25) is 0 Å². The lowest BCUT2D eigenvalue weighted by atomic mass is 10.2. The largest absolute Gasteiger partial charge is 0.384 e. The molecule has 112 valence electrons. The number of benzene rings is 1. The number of hydrogen-bond acceptors (Lipinski definition) is 5. The molecule has 22 heavy (non-hydrogen) atoms. The van der Waals surface area contributed by atoms with Crippen LogP contribution in [0.1, 0.15) is 12.5 Å². The minimum Gasteiger partial charge on any atom is -0.384 e. The highest BCUT2D eigenvalue weighted by Crippen LogP contribution is 2.24. The van der Waals surface area contributed by atoms with Crippen LogP contribution in [0.25, 0.3) is 11.0 Å². The van der Waals surface area contributed by atoms with Gasteiger partial charge in [0, 0.05) is 13.1 Å². The number of nitrogens with zero attached hydrogens (tertiary/aromatic N) is 4. The fourth-order valence-electron chi connectivity index (χ4n) is 2.39. The van der Waals surface area contributed by atoms with Gasteiger partial charge in [0.05, 0.1) is 5.39 Å². The zero-order valence-electron chi connectivity index (χ0n) is 12.2. The van der Waals surface area contributed by atoms with E-state index in [0.29, 0.717) is 18.0 Å². The first-order chi connectivity index (χ1) is 10.7. The van der Waals surface area contributed by atoms with E-state index in [4.69, 9.17) is 5.73 Å². The first-order valence-electron chi connectivity index (χ1n) is 7.04. The number of rotatable bonds is 4. The summed E-state index contributed by atoms with van der Waals surface area (Å²) >= 11 is 0. The molecule has 3 aromatic rings. The lowest BCUT2D eigenvalue weighted by molar-refractivity contribution is 0.624. The lowest BCUT2D eigenvalue weighted by Crippen LogP contribution is -2.23. The summed E-state index contributed by atoms with van der Waals surface area (Å²) in [5.41, 5.74) is 7.14. The fourth-order valence-corrected chi connectivity index (χ4v) is 2.39. The van der Waals surface area contributed by atoms with Crippen molar-refractivity contribution in [2.75, 3.05) is 17.2 Å². The van der Waals surface area contributed by atoms with Crippen LogP contribution in [0.15, 0.2) is 42.7 Å². The van der Waals surface area contributed by atoms with E-state index in [-0.39, 0.29) is 5.82 Å². The van der Waals surface area contributed by atoms with Crippen molar-refractivity contribution in [3.63, 3.8) is 0 Å². The van der Waals surface area contributed by atoms with Crippen LogP contribution in [0, 0.1) is 5.82 Å². The summed E-state index contributed by atoms with van der Waals surface area (Å²) < 4.78 is 13.4. The molecule has 0 amide bonds. The Kier molecular flexibility index (Phi) is 3.82. The Labute approximate surface area is 127 Å². The third-order valence-corrected chi connectivity index (χ3v) is 3.44. The molecule has 0 aliphatic carbocycles. The van der Waals surface area contributed by atoms with Crippen molar-refractivity contribution in [1.82, 2.24) is 15.0 Å². The number of anilines is 2. The maximum atomic E-state index is 13.4. The topological polar surface area (TPSA) is 67.9 Å². The van der Waals surface area contributed by atoms with Gasteiger partial charge in [-0.05, 0) is 36.8 Å². The van der Waals surface area contributed by atoms with Crippen molar-refractivity contribution in [3.8, 4) is 0 Å². The number of nitrogen functional groups attached to an aromatic ring is 1. The molecule has 5 nitrogen and oxygen atoms in total. The highest BCUT2D eigenvalue weighted by Gasteiger charge is 2.12. The van der Waals surface area contributed by atoms with Crippen molar-refractivity contribution in [3.05, 3.63) is 54.1 Å². The lowest BCUT2D eigenvalue weighted by Gasteiger charge is -2.23. The number of aromatic nitrogens is 3. The third-order valence-electron chi connectivity index (χ3n) is 3.44. The summed E-state index contributed by atoms with van der Waals surface area (Å²) in [5, 5.41) is 0.829. The Balaban J connectivity index is 2.00. The molecule has 0 bridgehead atoms. The Hall–Kier alpha value is -2.76. The summed E-state index contributed by atoms with van der Waals surface area (Å²) in [5.74, 6) is 0.949. The molecule has 1 aromatic carbocycles. The van der Waals surface area contributed by atoms with E-state index in [9.17, 15) is 4.39 Å². The molecule has 2 aromatic heterocycles. The van der Waals surface area contributed by atoms with E-state index in [1.165, 1.54) is 18.5 Å². The summed E-state index contributed by atoms with van der Waals surface area (Å²) in [6, 6.07) is 10.2. The van der Waals surface area contributed by atoms with Gasteiger partial charge in [-0.15, -0.1) is 0 Å². The molecule has 0 radical (unpaired) electrons. The van der Waals surface area contributed by atoms with E-state index in [1.54, 1.807) is 12.1 Å². The fraction of sp³-hybridized carbons (Fsp3) is 0.188. The second kappa shape index (κ2) is 5.93. The van der Waals surface area contributed by atoms with E-state index < -0.39 is 0 Å². The van der Waals surface area contributed by atoms with Gasteiger partial charge in [0.25, 0.3) is 0 Å². The van der Waals surface area contributed by atoms with Crippen molar-refractivity contribution in [2.45, 2.75) is 13.5 Å². The Morgan fingerprint density at radius 2 is 2.05 bits per heavy atom. The van der Waals surface area contributed by atoms with Gasteiger partial charge in [0.2, 0.25) is 0 Å². The molecular formula is C16H16FN5. The van der Waals surface area contributed by atoms with Gasteiger partial charge in [0.15, 0.2) is 5.65 Å². The highest BCUT2D eigenvalue weighted by molar-refractivity contribution is 5.87. The number of pyridine rings is 1. The van der Waals surface area contributed by atoms with Crippen LogP contribution in [0.4, 0.5) is 16.0 Å². The average molecular weight is 297 g/mol. The monoisotopic (exact) mass is 297 g/mol. The number of halogens is 1. The molecule has 6 heteroatoms. The molecule has 0 saturated heterocycles. The van der Waals surface area contributed by atoms with Gasteiger partial charge in [0.1, 0.15) is 23.8 Å². The van der Waals surface area contributed by atoms with Crippen LogP contribution in [-0.2, 0) is 6.54 Å². The van der Waals surface area contributed by atoms with E-state index in [1.807, 2.05) is 19.1 Å². The van der Waals surface area contributed by atoms with Crippen LogP contribution >= 0.6 is 0 Å². The van der Waals surface area contributed by atoms with Gasteiger partial charge in [-0.3, -0.25) is 0 Å². The first kappa shape index (κ1) is 14.2. The molecule has 0 fully saturated rings. The van der Waals surface area contributed by atoms with Crippen LogP contribution in [-0.4, -0.2) is 21.5 Å². The Morgan fingerprint density at radius 3 is 2.82 bits per heavy atom. The minimum atomic E-state index is -0.240. The first-order valence-corrected chi connectivity index (χ1v) is 7.04. The smallest absolute Gasteiger partial charge is 0.166 e. The molecule has 0 aliphatic rings. The summed E-state index contributed by atoms with van der Waals surface area (Å²) in [6.45, 7) is 3.32. The average Bonchev–Trinajstić information content (AvgIpc) is 2.52. The summed E-state index contributed by atoms with van der Waals surface area (Å²) in [4.78, 5) is 14.8. The quantitative estimate of drug-likeness (QED) is 0.802. The predicted octanol–water partition coefficient (Wildman–Crippen LogP) is 2.77. The standard InChI is InChI=1S/C16H16FN5/c1-2-22(9-11-4-3-5-12(17)8-11)16-13-6-7-14(18)21-15(13)19-10-20-16/h3-8,10H,2,9H2,1H3,(H2,18,19,20,21). The second-order valence-electron chi connectivity index (χ2n) is 4.95. The Bertz CT molecular complexity index is 805. The number of nitrogens with two attached hydrogens (primary N) is 1. The maximum absolute atomic E-state index is 13.4. The second-order valence-corrected chi connectivity index (χ2v) is 4.95. The van der Waals surface area contributed by atoms with E-state index in [2.05, 4.69) is 19.9 Å². The number of fused-ring (bicyclic) bond motifs is 1. The molecule has 2 heterocycles. The van der Waals surface area contributed by atoms with Gasteiger partial charge in [-0.25, -0.2) is 19.3 Å². The van der Waals surface area contributed by atoms with Crippen molar-refractivity contribution >= 4 is 22.7 Å². The zero-order chi connectivity index (χ0) is 15.5. The van der Waals surface area contributed by atoms with Gasteiger partial charge in [-0.1, -0.05) is 12.1 Å². The summed E-state index contributed by atoms with van der Waals surface area (Å²) in [6.07, 6.45) is 1.47. The van der Waals surface area contributed by atoms with E-state index in [0.717, 1.165) is 23.3 Å². The normalized spacial score (nSPS) is 10.8. The van der Waals surface area contributed by atoms with Crippen LogP contribution in [0.3, 0.4) is 0 Å². The molecule has 0 unspecified atom stereocenters. The van der Waals surface area contributed by atoms with Crippen LogP contribution in [0.5, 0.6) is 0 Å². The molecule has 0 saturated carbocycles. The number of hydrogen-bond donors (Lipinski definition) is 1. The SMILES string of the molecule is CCN(Cc1cccc(F)c1)c1ncnc2nc(N)ccc12. The molecule has 0 spiro atoms. The molecular weight excluding hydrogens is 281 g/mol. The van der Waals surface area contributed by atoms with E-state index >= 15 is 0 Å². The molecule has 0 aliphatic heterocycles. The molecule has 0 atom stereocenters. The molecule has 3 rings (SSSR count). The van der Waals surface area contributed by atoms with Crippen molar-refractivity contribution < 1.29 is 4.39 Å². The summed E-state index contributed by atoms with van der Waals surface area (Å²) in [7, 11) is 0. The van der Waals surface area contributed by atoms with Gasteiger partial charge < -0.3 is 10.6 Å². The zero-order valence-corrected chi connectivity index (χ0v) is 12.2. The Morgan fingerprint density at radius 1 is 1.18 bits per heavy atom. The van der Waals surface area contributed by atoms with Gasteiger partial charge >= 0.3 is 0 Å². The molecule has 2 N–H and O–H groups in total. The van der Waals surface area contributed by atoms with Crippen LogP contribution < -0.4 is 10.6 Å². The third kappa shape index (κ3) is 2.81.